The Morgan fingerprint density at radius 2 is 2.38 bits per heavy atom. The van der Waals surface area contributed by atoms with Crippen LogP contribution in [-0.2, 0) is 0 Å². The van der Waals surface area contributed by atoms with Crippen molar-refractivity contribution in [2.45, 2.75) is 4.34 Å². The van der Waals surface area contributed by atoms with E-state index >= 15 is 0 Å². The van der Waals surface area contributed by atoms with Gasteiger partial charge in [0.25, 0.3) is 0 Å². The van der Waals surface area contributed by atoms with Crippen LogP contribution >= 0.6 is 45.7 Å². The molecule has 0 amide bonds. The topological polar surface area (TPSA) is 25.8 Å². The van der Waals surface area contributed by atoms with Gasteiger partial charge in [-0.1, -0.05) is 23.1 Å². The SMILES string of the molecule is CSc1nnc(I)s1. The Kier molecular flexibility index (Phi) is 2.51. The third-order valence-corrected chi connectivity index (χ3v) is 3.12. The summed E-state index contributed by atoms with van der Waals surface area (Å²) in [5.41, 5.74) is 0. The third-order valence-electron chi connectivity index (χ3n) is 0.556. The first-order valence-electron chi connectivity index (χ1n) is 1.86. The molecule has 0 aromatic carbocycles. The number of hydrogen-bond donors (Lipinski definition) is 0. The molecule has 8 heavy (non-hydrogen) atoms. The monoisotopic (exact) mass is 258 g/mol. The van der Waals surface area contributed by atoms with Gasteiger partial charge in [-0.05, 0) is 28.8 Å². The van der Waals surface area contributed by atoms with Crippen LogP contribution in [0.3, 0.4) is 0 Å². The normalized spacial score (nSPS) is 9.75. The van der Waals surface area contributed by atoms with Crippen LogP contribution < -0.4 is 0 Å². The van der Waals surface area contributed by atoms with E-state index in [2.05, 4.69) is 32.8 Å². The van der Waals surface area contributed by atoms with Gasteiger partial charge in [0.15, 0.2) is 7.35 Å². The maximum absolute atomic E-state index is 3.86. The van der Waals surface area contributed by atoms with E-state index in [0.29, 0.717) is 0 Å². The highest BCUT2D eigenvalue weighted by Crippen LogP contribution is 2.19. The lowest BCUT2D eigenvalue weighted by molar-refractivity contribution is 0.997. The van der Waals surface area contributed by atoms with E-state index in [-0.39, 0.29) is 0 Å². The van der Waals surface area contributed by atoms with Crippen LogP contribution in [0.2, 0.25) is 0 Å². The molecular weight excluding hydrogens is 255 g/mol. The molecule has 44 valence electrons. The van der Waals surface area contributed by atoms with Gasteiger partial charge in [0.05, 0.1) is 0 Å². The van der Waals surface area contributed by atoms with Crippen molar-refractivity contribution in [3.63, 3.8) is 0 Å². The molecule has 0 saturated carbocycles. The fourth-order valence-corrected chi connectivity index (χ4v) is 2.46. The van der Waals surface area contributed by atoms with E-state index in [4.69, 9.17) is 0 Å². The number of aromatic nitrogens is 2. The van der Waals surface area contributed by atoms with E-state index in [1.54, 1.807) is 23.1 Å². The van der Waals surface area contributed by atoms with Crippen LogP contribution in [-0.4, -0.2) is 16.5 Å². The minimum absolute atomic E-state index is 1.01. The zero-order valence-corrected chi connectivity index (χ0v) is 7.88. The van der Waals surface area contributed by atoms with Crippen molar-refractivity contribution < 1.29 is 0 Å². The Bertz CT molecular complexity index is 176. The first-order chi connectivity index (χ1) is 3.83. The molecule has 1 aromatic rings. The van der Waals surface area contributed by atoms with E-state index in [9.17, 15) is 0 Å². The molecule has 1 heterocycles. The highest BCUT2D eigenvalue weighted by molar-refractivity contribution is 14.1. The summed E-state index contributed by atoms with van der Waals surface area (Å²) >= 11 is 5.40. The predicted octanol–water partition coefficient (Wildman–Crippen LogP) is 1.86. The Labute approximate surface area is 69.2 Å². The van der Waals surface area contributed by atoms with E-state index < -0.39 is 0 Å². The fraction of sp³-hybridized carbons (Fsp3) is 0.333. The lowest BCUT2D eigenvalue weighted by Gasteiger charge is -1.75. The zero-order chi connectivity index (χ0) is 5.98. The Morgan fingerprint density at radius 3 is 2.62 bits per heavy atom. The molecule has 0 aliphatic rings. The number of halogens is 1. The first kappa shape index (κ1) is 6.76. The van der Waals surface area contributed by atoms with Gasteiger partial charge in [-0.25, -0.2) is 0 Å². The fourth-order valence-electron chi connectivity index (χ4n) is 0.275. The van der Waals surface area contributed by atoms with Gasteiger partial charge in [-0.15, -0.1) is 10.2 Å². The van der Waals surface area contributed by atoms with Crippen molar-refractivity contribution in [1.29, 1.82) is 0 Å². The van der Waals surface area contributed by atoms with E-state index in [1.165, 1.54) is 0 Å². The molecule has 0 aliphatic heterocycles. The molecule has 0 bridgehead atoms. The van der Waals surface area contributed by atoms with Crippen molar-refractivity contribution in [2.24, 2.45) is 0 Å². The second-order valence-corrected chi connectivity index (χ2v) is 4.81. The minimum atomic E-state index is 1.01. The number of hydrogen-bond acceptors (Lipinski definition) is 4. The molecule has 0 aliphatic carbocycles. The van der Waals surface area contributed by atoms with Gasteiger partial charge in [-0.2, -0.15) is 0 Å². The molecule has 2 nitrogen and oxygen atoms in total. The van der Waals surface area contributed by atoms with Crippen molar-refractivity contribution in [3.8, 4) is 0 Å². The third kappa shape index (κ3) is 1.56. The molecule has 0 radical (unpaired) electrons. The Balaban J connectivity index is 2.84. The second-order valence-electron chi connectivity index (χ2n) is 1.03. The molecule has 0 N–H and O–H groups in total. The summed E-state index contributed by atoms with van der Waals surface area (Å²) in [5.74, 6) is 0. The molecule has 0 spiro atoms. The highest BCUT2D eigenvalue weighted by atomic mass is 127. The molecule has 0 saturated heterocycles. The van der Waals surface area contributed by atoms with Gasteiger partial charge in [-0.3, -0.25) is 0 Å². The lowest BCUT2D eigenvalue weighted by atomic mass is 11.6. The quantitative estimate of drug-likeness (QED) is 0.568. The summed E-state index contributed by atoms with van der Waals surface area (Å²) in [6.45, 7) is 0. The maximum atomic E-state index is 3.86. The van der Waals surface area contributed by atoms with Crippen LogP contribution in [0.1, 0.15) is 0 Å². The van der Waals surface area contributed by atoms with Crippen molar-refractivity contribution in [1.82, 2.24) is 10.2 Å². The molecule has 5 heteroatoms. The highest BCUT2D eigenvalue weighted by Gasteiger charge is 1.95. The summed E-state index contributed by atoms with van der Waals surface area (Å²) in [6.07, 6.45) is 2.00. The van der Waals surface area contributed by atoms with Crippen LogP contribution in [0.5, 0.6) is 0 Å². The summed E-state index contributed by atoms with van der Waals surface area (Å²) in [4.78, 5) is 0. The molecule has 0 fully saturated rings. The van der Waals surface area contributed by atoms with Gasteiger partial charge in [0.1, 0.15) is 0 Å². The summed E-state index contributed by atoms with van der Waals surface area (Å²) < 4.78 is 2.04. The number of rotatable bonds is 1. The Hall–Kier alpha value is 0.640. The standard InChI is InChI=1S/C3H3IN2S2/c1-7-3-6-5-2(4)8-3/h1H3. The van der Waals surface area contributed by atoms with Crippen LogP contribution in [0.15, 0.2) is 4.34 Å². The number of nitrogens with zero attached hydrogens (tertiary/aromatic N) is 2. The average Bonchev–Trinajstić information content (AvgIpc) is 2.14. The summed E-state index contributed by atoms with van der Waals surface area (Å²) in [5, 5.41) is 7.68. The minimum Gasteiger partial charge on any atom is -0.131 e. The molecular formula is C3H3IN2S2. The summed E-state index contributed by atoms with van der Waals surface area (Å²) in [7, 11) is 0. The number of thioether (sulfide) groups is 1. The molecule has 0 atom stereocenters. The van der Waals surface area contributed by atoms with E-state index in [1.807, 2.05) is 6.26 Å². The first-order valence-corrected chi connectivity index (χ1v) is 4.98. The van der Waals surface area contributed by atoms with Crippen LogP contribution in [0.4, 0.5) is 0 Å². The maximum Gasteiger partial charge on any atom is 0.178 e. The summed E-state index contributed by atoms with van der Waals surface area (Å²) in [6, 6.07) is 0. The smallest absolute Gasteiger partial charge is 0.131 e. The van der Waals surface area contributed by atoms with Gasteiger partial charge in [0.2, 0.25) is 0 Å². The largest absolute Gasteiger partial charge is 0.178 e. The molecule has 0 unspecified atom stereocenters. The zero-order valence-electron chi connectivity index (χ0n) is 4.09. The van der Waals surface area contributed by atoms with E-state index in [0.717, 1.165) is 7.35 Å². The predicted molar refractivity (Wildman–Crippen MR) is 44.4 cm³/mol. The van der Waals surface area contributed by atoms with Crippen molar-refractivity contribution >= 4 is 45.7 Å². The lowest BCUT2D eigenvalue weighted by Crippen LogP contribution is -1.67. The van der Waals surface area contributed by atoms with Gasteiger partial charge < -0.3 is 0 Å². The molecule has 1 aromatic heterocycles. The molecule has 1 rings (SSSR count). The van der Waals surface area contributed by atoms with Crippen LogP contribution in [0.25, 0.3) is 0 Å². The Morgan fingerprint density at radius 1 is 1.62 bits per heavy atom. The van der Waals surface area contributed by atoms with Crippen molar-refractivity contribution in [2.75, 3.05) is 6.26 Å². The second kappa shape index (κ2) is 2.98. The van der Waals surface area contributed by atoms with Crippen LogP contribution in [0, 0.1) is 3.01 Å². The van der Waals surface area contributed by atoms with Gasteiger partial charge in [0, 0.05) is 0 Å². The average molecular weight is 258 g/mol. The van der Waals surface area contributed by atoms with Crippen molar-refractivity contribution in [3.05, 3.63) is 3.01 Å². The van der Waals surface area contributed by atoms with Gasteiger partial charge >= 0.3 is 0 Å².